The maximum absolute atomic E-state index is 12.4. The summed E-state index contributed by atoms with van der Waals surface area (Å²) >= 11 is 0. The number of imidazole rings is 1. The van der Waals surface area contributed by atoms with E-state index in [1.165, 1.54) is 18.5 Å². The molecule has 25 heavy (non-hydrogen) atoms. The third kappa shape index (κ3) is 3.10. The van der Waals surface area contributed by atoms with Crippen LogP contribution in [0.3, 0.4) is 0 Å². The summed E-state index contributed by atoms with van der Waals surface area (Å²) in [5.74, 6) is 1.24. The molecule has 0 amide bonds. The van der Waals surface area contributed by atoms with Crippen molar-refractivity contribution in [2.24, 2.45) is 18.4 Å². The number of nitrogens with zero attached hydrogens (tertiary/aromatic N) is 4. The second-order valence-electron chi connectivity index (χ2n) is 8.37. The van der Waals surface area contributed by atoms with Gasteiger partial charge in [0.2, 0.25) is 0 Å². The molecular formula is C19H30N4O2. The number of piperidine rings is 2. The average Bonchev–Trinajstić information content (AvgIpc) is 3.35. The Bertz CT molecular complexity index is 654. The van der Waals surface area contributed by atoms with Gasteiger partial charge >= 0.3 is 5.97 Å². The van der Waals surface area contributed by atoms with E-state index in [9.17, 15) is 9.90 Å². The molecule has 2 saturated heterocycles. The normalized spacial score (nSPS) is 31.0. The fourth-order valence-corrected chi connectivity index (χ4v) is 4.93. The van der Waals surface area contributed by atoms with Crippen LogP contribution in [0.25, 0.3) is 0 Å². The summed E-state index contributed by atoms with van der Waals surface area (Å²) in [5.41, 5.74) is 0.582. The Hall–Kier alpha value is -1.40. The van der Waals surface area contributed by atoms with Gasteiger partial charge in [0.1, 0.15) is 5.82 Å². The predicted octanol–water partition coefficient (Wildman–Crippen LogP) is 1.88. The number of carboxylic acids is 1. The Morgan fingerprint density at radius 3 is 2.80 bits per heavy atom. The Labute approximate surface area is 149 Å². The van der Waals surface area contributed by atoms with Gasteiger partial charge in [0.15, 0.2) is 0 Å². The summed E-state index contributed by atoms with van der Waals surface area (Å²) in [4.78, 5) is 21.6. The van der Waals surface area contributed by atoms with E-state index >= 15 is 0 Å². The summed E-state index contributed by atoms with van der Waals surface area (Å²) in [6.07, 6.45) is 7.34. The van der Waals surface area contributed by atoms with E-state index in [0.717, 1.165) is 63.7 Å². The highest BCUT2D eigenvalue weighted by atomic mass is 16.4. The molecule has 1 aromatic rings. The lowest BCUT2D eigenvalue weighted by Crippen LogP contribution is -2.64. The molecule has 3 heterocycles. The first-order valence-corrected chi connectivity index (χ1v) is 9.66. The first-order valence-electron chi connectivity index (χ1n) is 9.66. The minimum Gasteiger partial charge on any atom is -0.481 e. The van der Waals surface area contributed by atoms with Crippen LogP contribution in [0.5, 0.6) is 0 Å². The van der Waals surface area contributed by atoms with Gasteiger partial charge in [-0.15, -0.1) is 0 Å². The number of carboxylic acid groups (broad SMARTS) is 1. The lowest BCUT2D eigenvalue weighted by atomic mass is 9.69. The van der Waals surface area contributed by atoms with Crippen molar-refractivity contribution in [1.82, 2.24) is 19.4 Å². The molecule has 0 radical (unpaired) electrons. The summed E-state index contributed by atoms with van der Waals surface area (Å²) in [7, 11) is 2.05. The number of carbonyl (C=O) groups is 1. The Balaban J connectivity index is 1.54. The molecule has 0 spiro atoms. The number of likely N-dealkylation sites (tertiary alicyclic amines) is 2. The molecule has 1 saturated carbocycles. The van der Waals surface area contributed by atoms with Crippen LogP contribution in [0.4, 0.5) is 0 Å². The molecule has 4 rings (SSSR count). The average molecular weight is 346 g/mol. The standard InChI is InChI=1S/C19H30N4O2/c1-14-20-10-16(21(14)2)12-23-8-3-7-19(18(24)25)13-22(9-6-17(19)23)11-15-4-5-15/h10,15,17H,3-9,11-13H2,1-2H3,(H,24,25)/t17-,19+/m1/s1. The number of aromatic nitrogens is 2. The molecule has 2 atom stereocenters. The highest BCUT2D eigenvalue weighted by Crippen LogP contribution is 2.43. The summed E-state index contributed by atoms with van der Waals surface area (Å²) in [5, 5.41) is 10.2. The number of hydrogen-bond acceptors (Lipinski definition) is 4. The first-order chi connectivity index (χ1) is 12.0. The summed E-state index contributed by atoms with van der Waals surface area (Å²) in [6, 6.07) is 0.143. The van der Waals surface area contributed by atoms with Gasteiger partial charge in [0.05, 0.1) is 11.1 Å². The molecule has 1 N–H and O–H groups in total. The van der Waals surface area contributed by atoms with E-state index in [4.69, 9.17) is 0 Å². The number of fused-ring (bicyclic) bond motifs is 1. The van der Waals surface area contributed by atoms with Crippen molar-refractivity contribution in [3.63, 3.8) is 0 Å². The number of aryl methyl sites for hydroxylation is 1. The van der Waals surface area contributed by atoms with E-state index in [1.54, 1.807) is 0 Å². The molecule has 138 valence electrons. The van der Waals surface area contributed by atoms with E-state index in [0.29, 0.717) is 0 Å². The van der Waals surface area contributed by atoms with Gasteiger partial charge in [-0.25, -0.2) is 4.98 Å². The van der Waals surface area contributed by atoms with Gasteiger partial charge in [0, 0.05) is 38.9 Å². The summed E-state index contributed by atoms with van der Waals surface area (Å²) in [6.45, 7) is 6.67. The monoisotopic (exact) mass is 346 g/mol. The lowest BCUT2D eigenvalue weighted by Gasteiger charge is -2.53. The van der Waals surface area contributed by atoms with Crippen molar-refractivity contribution >= 4 is 5.97 Å². The van der Waals surface area contributed by atoms with Crippen molar-refractivity contribution in [2.45, 2.75) is 51.6 Å². The van der Waals surface area contributed by atoms with Gasteiger partial charge in [-0.1, -0.05) is 0 Å². The van der Waals surface area contributed by atoms with Crippen LogP contribution in [-0.2, 0) is 18.4 Å². The van der Waals surface area contributed by atoms with Crippen molar-refractivity contribution < 1.29 is 9.90 Å². The maximum atomic E-state index is 12.4. The molecule has 3 aliphatic rings. The van der Waals surface area contributed by atoms with Crippen molar-refractivity contribution in [2.75, 3.05) is 26.2 Å². The minimum absolute atomic E-state index is 0.143. The Morgan fingerprint density at radius 2 is 2.16 bits per heavy atom. The second-order valence-corrected chi connectivity index (χ2v) is 8.37. The maximum Gasteiger partial charge on any atom is 0.312 e. The van der Waals surface area contributed by atoms with Crippen LogP contribution < -0.4 is 0 Å². The molecule has 6 heteroatoms. The van der Waals surface area contributed by atoms with Crippen LogP contribution in [0, 0.1) is 18.3 Å². The quantitative estimate of drug-likeness (QED) is 0.882. The number of hydrogen-bond donors (Lipinski definition) is 1. The number of aliphatic carboxylic acids is 1. The molecule has 0 bridgehead atoms. The highest BCUT2D eigenvalue weighted by Gasteiger charge is 2.53. The highest BCUT2D eigenvalue weighted by molar-refractivity contribution is 5.76. The second kappa shape index (κ2) is 6.40. The van der Waals surface area contributed by atoms with E-state index < -0.39 is 11.4 Å². The van der Waals surface area contributed by atoms with Gasteiger partial charge in [0.25, 0.3) is 0 Å². The zero-order valence-electron chi connectivity index (χ0n) is 15.4. The molecule has 6 nitrogen and oxygen atoms in total. The largest absolute Gasteiger partial charge is 0.481 e. The van der Waals surface area contributed by atoms with Crippen molar-refractivity contribution in [3.8, 4) is 0 Å². The van der Waals surface area contributed by atoms with Gasteiger partial charge in [-0.3, -0.25) is 9.69 Å². The minimum atomic E-state index is -0.598. The van der Waals surface area contributed by atoms with Gasteiger partial charge < -0.3 is 14.6 Å². The molecule has 3 fully saturated rings. The SMILES string of the molecule is Cc1ncc(CN2CCC[C@]3(C(=O)O)CN(CC4CC4)CC[C@@H]23)n1C. The smallest absolute Gasteiger partial charge is 0.312 e. The van der Waals surface area contributed by atoms with Crippen LogP contribution >= 0.6 is 0 Å². The molecule has 0 aromatic carbocycles. The zero-order chi connectivity index (χ0) is 17.6. The van der Waals surface area contributed by atoms with Crippen molar-refractivity contribution in [1.29, 1.82) is 0 Å². The number of rotatable bonds is 5. The molecule has 2 aliphatic heterocycles. The molecular weight excluding hydrogens is 316 g/mol. The Morgan fingerprint density at radius 1 is 1.36 bits per heavy atom. The molecule has 1 aliphatic carbocycles. The fourth-order valence-electron chi connectivity index (χ4n) is 4.93. The van der Waals surface area contributed by atoms with Crippen molar-refractivity contribution in [3.05, 3.63) is 17.7 Å². The lowest BCUT2D eigenvalue weighted by molar-refractivity contribution is -0.164. The summed E-state index contributed by atoms with van der Waals surface area (Å²) < 4.78 is 2.12. The van der Waals surface area contributed by atoms with Crippen LogP contribution in [-0.4, -0.2) is 62.6 Å². The predicted molar refractivity (Wildman–Crippen MR) is 95.2 cm³/mol. The van der Waals surface area contributed by atoms with Crippen LogP contribution in [0.15, 0.2) is 6.20 Å². The third-order valence-electron chi connectivity index (χ3n) is 6.69. The van der Waals surface area contributed by atoms with Gasteiger partial charge in [-0.05, 0) is 58.0 Å². The topological polar surface area (TPSA) is 61.6 Å². The van der Waals surface area contributed by atoms with E-state index in [1.807, 2.05) is 20.2 Å². The Kier molecular flexibility index (Phi) is 4.36. The molecule has 0 unspecified atom stereocenters. The van der Waals surface area contributed by atoms with Crippen LogP contribution in [0.1, 0.15) is 43.6 Å². The zero-order valence-corrected chi connectivity index (χ0v) is 15.4. The third-order valence-corrected chi connectivity index (χ3v) is 6.69. The van der Waals surface area contributed by atoms with E-state index in [2.05, 4.69) is 19.4 Å². The first kappa shape index (κ1) is 17.0. The van der Waals surface area contributed by atoms with Crippen LogP contribution in [0.2, 0.25) is 0 Å². The molecule has 1 aromatic heterocycles. The van der Waals surface area contributed by atoms with E-state index in [-0.39, 0.29) is 6.04 Å². The fraction of sp³-hybridized carbons (Fsp3) is 0.789. The van der Waals surface area contributed by atoms with Gasteiger partial charge in [-0.2, -0.15) is 0 Å².